The van der Waals surface area contributed by atoms with Crippen LogP contribution in [0.4, 0.5) is 0 Å². The van der Waals surface area contributed by atoms with Crippen molar-refractivity contribution in [3.63, 3.8) is 0 Å². The number of carbonyl (C=O) groups is 1. The molecule has 0 amide bonds. The third-order valence-corrected chi connectivity index (χ3v) is 4.01. The molecular formula is C17H31NO2S. The van der Waals surface area contributed by atoms with Crippen LogP contribution in [0.15, 0.2) is 4.99 Å². The maximum atomic E-state index is 11.0. The van der Waals surface area contributed by atoms with E-state index in [1.807, 2.05) is 0 Å². The minimum Gasteiger partial charge on any atom is -0.481 e. The first-order valence-electron chi connectivity index (χ1n) is 8.48. The molecule has 0 aliphatic heterocycles. The number of nitrogens with zero attached hydrogens (tertiary/aromatic N) is 1. The van der Waals surface area contributed by atoms with Gasteiger partial charge in [-0.15, -0.1) is 0 Å². The van der Waals surface area contributed by atoms with E-state index in [0.29, 0.717) is 6.42 Å². The van der Waals surface area contributed by atoms with Crippen LogP contribution >= 0.6 is 12.2 Å². The average molecular weight is 314 g/mol. The fourth-order valence-electron chi connectivity index (χ4n) is 2.50. The molecule has 0 aromatic heterocycles. The van der Waals surface area contributed by atoms with Gasteiger partial charge >= 0.3 is 5.97 Å². The fraction of sp³-hybridized carbons (Fsp3) is 0.882. The minimum absolute atomic E-state index is 0.274. The van der Waals surface area contributed by atoms with Crippen molar-refractivity contribution in [3.05, 3.63) is 0 Å². The zero-order chi connectivity index (χ0) is 15.8. The zero-order valence-electron chi connectivity index (χ0n) is 13.5. The summed E-state index contributed by atoms with van der Waals surface area (Å²) in [6.07, 6.45) is 14.8. The molecule has 0 radical (unpaired) electrons. The standard InChI is InChI=1S/C17H31NO2S/c1-2-3-4-5-6-7-8-9-10-11-12-13-16(17(19)20)14-18-15-21/h16H,2-14H2,1H3,(H,19,20). The molecule has 0 aliphatic rings. The van der Waals surface area contributed by atoms with E-state index in [2.05, 4.69) is 29.3 Å². The number of aliphatic imine (C=N–C) groups is 1. The summed E-state index contributed by atoms with van der Waals surface area (Å²) >= 11 is 4.48. The van der Waals surface area contributed by atoms with Crippen LogP contribution in [0, 0.1) is 5.92 Å². The number of carboxylic acid groups (broad SMARTS) is 1. The Labute approximate surface area is 135 Å². The molecule has 3 nitrogen and oxygen atoms in total. The Kier molecular flexibility index (Phi) is 15.1. The molecule has 4 heteroatoms. The maximum absolute atomic E-state index is 11.0. The largest absolute Gasteiger partial charge is 0.481 e. The van der Waals surface area contributed by atoms with E-state index >= 15 is 0 Å². The van der Waals surface area contributed by atoms with Gasteiger partial charge in [0.25, 0.3) is 0 Å². The Balaban J connectivity index is 3.37. The third-order valence-electron chi connectivity index (χ3n) is 3.88. The lowest BCUT2D eigenvalue weighted by Gasteiger charge is -2.08. The first-order valence-corrected chi connectivity index (χ1v) is 8.89. The number of unbranched alkanes of at least 4 members (excludes halogenated alkanes) is 10. The minimum atomic E-state index is -0.768. The van der Waals surface area contributed by atoms with Crippen LogP contribution in [-0.4, -0.2) is 22.8 Å². The van der Waals surface area contributed by atoms with Crippen molar-refractivity contribution in [2.24, 2.45) is 10.9 Å². The van der Waals surface area contributed by atoms with Crippen LogP contribution in [-0.2, 0) is 4.79 Å². The highest BCUT2D eigenvalue weighted by atomic mass is 32.1. The zero-order valence-corrected chi connectivity index (χ0v) is 14.3. The molecule has 1 N–H and O–H groups in total. The molecule has 122 valence electrons. The normalized spacial score (nSPS) is 11.9. The maximum Gasteiger partial charge on any atom is 0.308 e. The highest BCUT2D eigenvalue weighted by Crippen LogP contribution is 2.14. The summed E-state index contributed by atoms with van der Waals surface area (Å²) in [6, 6.07) is 0. The van der Waals surface area contributed by atoms with E-state index in [9.17, 15) is 4.79 Å². The Morgan fingerprint density at radius 2 is 1.48 bits per heavy atom. The molecule has 0 aromatic carbocycles. The molecule has 0 rings (SSSR count). The number of aliphatic carboxylic acids is 1. The van der Waals surface area contributed by atoms with E-state index in [0.717, 1.165) is 12.8 Å². The highest BCUT2D eigenvalue weighted by Gasteiger charge is 2.15. The molecule has 0 aromatic rings. The van der Waals surface area contributed by atoms with Crippen LogP contribution in [0.1, 0.15) is 84.0 Å². The quantitative estimate of drug-likeness (QED) is 0.247. The molecule has 0 aliphatic carbocycles. The number of isothiocyanates is 1. The SMILES string of the molecule is CCCCCCCCCCCCCC(CN=C=S)C(=O)O. The summed E-state index contributed by atoms with van der Waals surface area (Å²) in [7, 11) is 0. The van der Waals surface area contributed by atoms with Crippen molar-refractivity contribution in [2.45, 2.75) is 84.0 Å². The van der Waals surface area contributed by atoms with Crippen molar-refractivity contribution < 1.29 is 9.90 Å². The second-order valence-electron chi connectivity index (χ2n) is 5.79. The Bertz CT molecular complexity index is 301. The van der Waals surface area contributed by atoms with Gasteiger partial charge in [-0.2, -0.15) is 0 Å². The average Bonchev–Trinajstić information content (AvgIpc) is 2.47. The van der Waals surface area contributed by atoms with Crippen molar-refractivity contribution >= 4 is 23.3 Å². The summed E-state index contributed by atoms with van der Waals surface area (Å²) in [5, 5.41) is 11.3. The Morgan fingerprint density at radius 1 is 1.00 bits per heavy atom. The van der Waals surface area contributed by atoms with Crippen molar-refractivity contribution in [1.29, 1.82) is 0 Å². The van der Waals surface area contributed by atoms with E-state index in [-0.39, 0.29) is 12.5 Å². The van der Waals surface area contributed by atoms with Gasteiger partial charge in [-0.3, -0.25) is 4.79 Å². The highest BCUT2D eigenvalue weighted by molar-refractivity contribution is 7.78. The summed E-state index contributed by atoms with van der Waals surface area (Å²) < 4.78 is 0. The lowest BCUT2D eigenvalue weighted by atomic mass is 10.00. The van der Waals surface area contributed by atoms with E-state index in [4.69, 9.17) is 5.11 Å². The summed E-state index contributed by atoms with van der Waals surface area (Å²) in [6.45, 7) is 2.52. The third kappa shape index (κ3) is 14.0. The van der Waals surface area contributed by atoms with Crippen molar-refractivity contribution in [1.82, 2.24) is 0 Å². The lowest BCUT2D eigenvalue weighted by Crippen LogP contribution is -2.16. The van der Waals surface area contributed by atoms with Gasteiger partial charge in [0.1, 0.15) is 0 Å². The van der Waals surface area contributed by atoms with Gasteiger partial charge in [-0.25, -0.2) is 4.99 Å². The van der Waals surface area contributed by atoms with Gasteiger partial charge in [0.05, 0.1) is 17.6 Å². The number of thiocarbonyl (C=S) groups is 1. The summed E-state index contributed by atoms with van der Waals surface area (Å²) in [5.41, 5.74) is 0. The van der Waals surface area contributed by atoms with Gasteiger partial charge in [0, 0.05) is 0 Å². The number of carboxylic acids is 1. The summed E-state index contributed by atoms with van der Waals surface area (Å²) in [5.74, 6) is -1.16. The van der Waals surface area contributed by atoms with Crippen LogP contribution < -0.4 is 0 Å². The fourth-order valence-corrected chi connectivity index (χ4v) is 2.57. The smallest absolute Gasteiger partial charge is 0.308 e. The van der Waals surface area contributed by atoms with Gasteiger partial charge < -0.3 is 5.11 Å². The molecule has 0 fully saturated rings. The molecule has 1 atom stereocenters. The molecule has 0 spiro atoms. The van der Waals surface area contributed by atoms with Gasteiger partial charge in [0.2, 0.25) is 0 Å². The van der Waals surface area contributed by atoms with E-state index < -0.39 is 5.97 Å². The van der Waals surface area contributed by atoms with E-state index in [1.54, 1.807) is 0 Å². The molecule has 0 heterocycles. The van der Waals surface area contributed by atoms with Gasteiger partial charge in [-0.05, 0) is 18.6 Å². The van der Waals surface area contributed by atoms with Crippen molar-refractivity contribution in [2.75, 3.05) is 6.54 Å². The second-order valence-corrected chi connectivity index (χ2v) is 5.97. The first-order chi connectivity index (χ1) is 10.2. The number of rotatable bonds is 15. The van der Waals surface area contributed by atoms with Crippen LogP contribution in [0.5, 0.6) is 0 Å². The summed E-state index contributed by atoms with van der Waals surface area (Å²) in [4.78, 5) is 14.7. The molecule has 21 heavy (non-hydrogen) atoms. The number of hydrogen-bond acceptors (Lipinski definition) is 3. The number of hydrogen-bond donors (Lipinski definition) is 1. The first kappa shape index (κ1) is 20.3. The van der Waals surface area contributed by atoms with E-state index in [1.165, 1.54) is 57.8 Å². The molecule has 0 saturated heterocycles. The lowest BCUT2D eigenvalue weighted by molar-refractivity contribution is -0.141. The van der Waals surface area contributed by atoms with Crippen LogP contribution in [0.2, 0.25) is 0 Å². The van der Waals surface area contributed by atoms with Gasteiger partial charge in [-0.1, -0.05) is 77.6 Å². The van der Waals surface area contributed by atoms with Crippen molar-refractivity contribution in [3.8, 4) is 0 Å². The van der Waals surface area contributed by atoms with Crippen LogP contribution in [0.3, 0.4) is 0 Å². The molecule has 0 saturated carbocycles. The Hall–Kier alpha value is -0.730. The topological polar surface area (TPSA) is 49.7 Å². The predicted molar refractivity (Wildman–Crippen MR) is 92.1 cm³/mol. The Morgan fingerprint density at radius 3 is 1.90 bits per heavy atom. The van der Waals surface area contributed by atoms with Gasteiger partial charge in [0.15, 0.2) is 0 Å². The second kappa shape index (κ2) is 15.7. The monoisotopic (exact) mass is 313 g/mol. The predicted octanol–water partition coefficient (Wildman–Crippen LogP) is 5.49. The van der Waals surface area contributed by atoms with Crippen LogP contribution in [0.25, 0.3) is 0 Å². The molecule has 1 unspecified atom stereocenters. The molecule has 0 bridgehead atoms. The molecular weight excluding hydrogens is 282 g/mol.